The van der Waals surface area contributed by atoms with E-state index in [9.17, 15) is 14.4 Å². The number of rotatable bonds is 4. The van der Waals surface area contributed by atoms with Crippen LogP contribution in [-0.4, -0.2) is 21.2 Å². The first-order chi connectivity index (χ1) is 8.95. The molecule has 1 aromatic heterocycles. The Morgan fingerprint density at radius 2 is 1.95 bits per heavy atom. The third-order valence-electron chi connectivity index (χ3n) is 2.89. The lowest BCUT2D eigenvalue weighted by atomic mass is 10.1. The van der Waals surface area contributed by atoms with Gasteiger partial charge in [-0.1, -0.05) is 6.07 Å². The number of ketones is 2. The third kappa shape index (κ3) is 2.22. The number of aliphatic hydroxyl groups is 1. The van der Waals surface area contributed by atoms with Crippen LogP contribution in [0.5, 0.6) is 0 Å². The summed E-state index contributed by atoms with van der Waals surface area (Å²) in [5.74, 6) is -1.64. The molecule has 0 aliphatic rings. The molecule has 0 unspecified atom stereocenters. The van der Waals surface area contributed by atoms with Crippen molar-refractivity contribution in [2.45, 2.75) is 26.5 Å². The topological polar surface area (TPSA) is 89.5 Å². The quantitative estimate of drug-likeness (QED) is 0.824. The van der Waals surface area contributed by atoms with Crippen molar-refractivity contribution in [3.05, 3.63) is 34.3 Å². The largest absolute Gasteiger partial charge is 0.421 e. The van der Waals surface area contributed by atoms with Crippen LogP contribution < -0.4 is 5.76 Å². The van der Waals surface area contributed by atoms with Crippen LogP contribution in [-0.2, 0) is 16.2 Å². The molecule has 6 heteroatoms. The molecule has 19 heavy (non-hydrogen) atoms. The second-order valence-corrected chi connectivity index (χ2v) is 4.32. The summed E-state index contributed by atoms with van der Waals surface area (Å²) in [7, 11) is 0. The molecule has 0 bridgehead atoms. The number of carbonyl (C=O) groups is 2. The number of Topliss-reactive ketones (excluding diaryl/α,β-unsaturated/α-hetero) is 2. The Morgan fingerprint density at radius 3 is 2.47 bits per heavy atom. The Morgan fingerprint density at radius 1 is 1.32 bits per heavy atom. The maximum Gasteiger partial charge on any atom is 0.421 e. The molecule has 2 rings (SSSR count). The van der Waals surface area contributed by atoms with Gasteiger partial charge in [0.15, 0.2) is 23.2 Å². The van der Waals surface area contributed by atoms with Gasteiger partial charge in [0.05, 0.1) is 12.1 Å². The number of carbonyl (C=O) groups excluding carboxylic acids is 2. The molecule has 0 aliphatic heterocycles. The predicted molar refractivity (Wildman–Crippen MR) is 66.8 cm³/mol. The molecule has 0 saturated carbocycles. The normalized spacial score (nSPS) is 11.2. The van der Waals surface area contributed by atoms with E-state index in [-0.39, 0.29) is 12.2 Å². The van der Waals surface area contributed by atoms with Crippen LogP contribution in [0.3, 0.4) is 0 Å². The van der Waals surface area contributed by atoms with Gasteiger partial charge < -0.3 is 9.52 Å². The summed E-state index contributed by atoms with van der Waals surface area (Å²) in [6.07, 6.45) is 0. The fraction of sp³-hybridized carbons (Fsp3) is 0.308. The summed E-state index contributed by atoms with van der Waals surface area (Å²) < 4.78 is 6.03. The lowest BCUT2D eigenvalue weighted by molar-refractivity contribution is -0.129. The van der Waals surface area contributed by atoms with Gasteiger partial charge in [0, 0.05) is 0 Å². The van der Waals surface area contributed by atoms with Crippen LogP contribution in [0, 0.1) is 0 Å². The van der Waals surface area contributed by atoms with Gasteiger partial charge >= 0.3 is 5.76 Å². The zero-order valence-electron chi connectivity index (χ0n) is 10.5. The SMILES string of the molecule is CC(=O)C(C(C)=O)n1c(=O)oc2ccc(CO)cc21. The van der Waals surface area contributed by atoms with E-state index in [0.717, 1.165) is 4.57 Å². The molecule has 0 aliphatic carbocycles. The molecule has 0 atom stereocenters. The van der Waals surface area contributed by atoms with Crippen molar-refractivity contribution in [3.63, 3.8) is 0 Å². The minimum absolute atomic E-state index is 0.208. The molecular weight excluding hydrogens is 250 g/mol. The average molecular weight is 263 g/mol. The van der Waals surface area contributed by atoms with Gasteiger partial charge in [-0.3, -0.25) is 14.2 Å². The highest BCUT2D eigenvalue weighted by molar-refractivity contribution is 6.03. The van der Waals surface area contributed by atoms with Crippen molar-refractivity contribution in [2.75, 3.05) is 0 Å². The number of aromatic nitrogens is 1. The van der Waals surface area contributed by atoms with Crippen LogP contribution in [0.25, 0.3) is 11.1 Å². The monoisotopic (exact) mass is 263 g/mol. The van der Waals surface area contributed by atoms with Gasteiger partial charge in [0.1, 0.15) is 0 Å². The predicted octanol–water partition coefficient (Wildman–Crippen LogP) is 0.806. The maximum absolute atomic E-state index is 11.8. The van der Waals surface area contributed by atoms with E-state index >= 15 is 0 Å². The Bertz CT molecular complexity index is 695. The fourth-order valence-electron chi connectivity index (χ4n) is 2.07. The Kier molecular flexibility index (Phi) is 3.35. The molecule has 0 fully saturated rings. The minimum atomic E-state index is -1.19. The molecule has 0 amide bonds. The van der Waals surface area contributed by atoms with Crippen molar-refractivity contribution >= 4 is 22.7 Å². The van der Waals surface area contributed by atoms with Gasteiger partial charge in [-0.25, -0.2) is 4.79 Å². The summed E-state index contributed by atoms with van der Waals surface area (Å²) >= 11 is 0. The highest BCUT2D eigenvalue weighted by Crippen LogP contribution is 2.20. The Labute approximate surface area is 108 Å². The lowest BCUT2D eigenvalue weighted by Crippen LogP contribution is -2.30. The van der Waals surface area contributed by atoms with Gasteiger partial charge in [-0.05, 0) is 31.5 Å². The first kappa shape index (κ1) is 13.2. The van der Waals surface area contributed by atoms with Gasteiger partial charge in [0.2, 0.25) is 0 Å². The smallest absolute Gasteiger partial charge is 0.408 e. The van der Waals surface area contributed by atoms with Crippen molar-refractivity contribution < 1.29 is 19.1 Å². The van der Waals surface area contributed by atoms with E-state index in [2.05, 4.69) is 0 Å². The first-order valence-electron chi connectivity index (χ1n) is 5.71. The molecule has 1 heterocycles. The summed E-state index contributed by atoms with van der Waals surface area (Å²) in [6, 6.07) is 3.46. The molecule has 0 radical (unpaired) electrons. The Balaban J connectivity index is 2.77. The molecule has 2 aromatic rings. The fourth-order valence-corrected chi connectivity index (χ4v) is 2.07. The van der Waals surface area contributed by atoms with Gasteiger partial charge in [0.25, 0.3) is 0 Å². The van der Waals surface area contributed by atoms with Crippen molar-refractivity contribution in [1.82, 2.24) is 4.57 Å². The first-order valence-corrected chi connectivity index (χ1v) is 5.71. The molecular formula is C13H13NO5. The highest BCUT2D eigenvalue weighted by atomic mass is 16.4. The van der Waals surface area contributed by atoms with Crippen LogP contribution in [0.15, 0.2) is 27.4 Å². The Hall–Kier alpha value is -2.21. The lowest BCUT2D eigenvalue weighted by Gasteiger charge is -2.11. The number of nitrogens with zero attached hydrogens (tertiary/aromatic N) is 1. The van der Waals surface area contributed by atoms with Crippen LogP contribution in [0.2, 0.25) is 0 Å². The number of oxazole rings is 1. The summed E-state index contributed by atoms with van der Waals surface area (Å²) in [5, 5.41) is 9.10. The molecule has 1 N–H and O–H groups in total. The second kappa shape index (κ2) is 4.81. The minimum Gasteiger partial charge on any atom is -0.408 e. The third-order valence-corrected chi connectivity index (χ3v) is 2.89. The number of hydrogen-bond donors (Lipinski definition) is 1. The molecule has 0 spiro atoms. The average Bonchev–Trinajstić information content (AvgIpc) is 2.65. The van der Waals surface area contributed by atoms with Crippen LogP contribution >= 0.6 is 0 Å². The van der Waals surface area contributed by atoms with E-state index in [1.54, 1.807) is 6.07 Å². The van der Waals surface area contributed by atoms with E-state index in [4.69, 9.17) is 9.52 Å². The molecule has 6 nitrogen and oxygen atoms in total. The maximum atomic E-state index is 11.8. The summed E-state index contributed by atoms with van der Waals surface area (Å²) in [6.45, 7) is 2.28. The zero-order chi connectivity index (χ0) is 14.2. The summed E-state index contributed by atoms with van der Waals surface area (Å²) in [5.41, 5.74) is 1.16. The van der Waals surface area contributed by atoms with E-state index in [1.165, 1.54) is 26.0 Å². The van der Waals surface area contributed by atoms with Gasteiger partial charge in [-0.15, -0.1) is 0 Å². The number of aliphatic hydroxyl groups excluding tert-OH is 1. The summed E-state index contributed by atoms with van der Waals surface area (Å²) in [4.78, 5) is 34.9. The van der Waals surface area contributed by atoms with Crippen molar-refractivity contribution in [3.8, 4) is 0 Å². The standard InChI is InChI=1S/C13H13NO5/c1-7(16)12(8(2)17)14-10-5-9(6-15)3-4-11(10)19-13(14)18/h3-5,12,15H,6H2,1-2H3. The molecule has 0 saturated heterocycles. The van der Waals surface area contributed by atoms with Crippen molar-refractivity contribution in [1.29, 1.82) is 0 Å². The molecule has 1 aromatic carbocycles. The molecule has 100 valence electrons. The van der Waals surface area contributed by atoms with E-state index in [0.29, 0.717) is 11.1 Å². The number of benzene rings is 1. The van der Waals surface area contributed by atoms with E-state index < -0.39 is 23.4 Å². The van der Waals surface area contributed by atoms with E-state index in [1.807, 2.05) is 0 Å². The number of fused-ring (bicyclic) bond motifs is 1. The zero-order valence-corrected chi connectivity index (χ0v) is 10.5. The van der Waals surface area contributed by atoms with Crippen LogP contribution in [0.1, 0.15) is 25.5 Å². The van der Waals surface area contributed by atoms with Gasteiger partial charge in [-0.2, -0.15) is 0 Å². The van der Waals surface area contributed by atoms with Crippen LogP contribution in [0.4, 0.5) is 0 Å². The second-order valence-electron chi connectivity index (χ2n) is 4.32. The van der Waals surface area contributed by atoms with Crippen molar-refractivity contribution in [2.24, 2.45) is 0 Å². The number of hydrogen-bond acceptors (Lipinski definition) is 5. The highest BCUT2D eigenvalue weighted by Gasteiger charge is 2.26.